The summed E-state index contributed by atoms with van der Waals surface area (Å²) in [5.41, 5.74) is 1.19. The zero-order valence-corrected chi connectivity index (χ0v) is 14.4. The lowest BCUT2D eigenvalue weighted by Crippen LogP contribution is -2.26. The largest absolute Gasteiger partial charge is 0.490 e. The van der Waals surface area contributed by atoms with Gasteiger partial charge in [0.2, 0.25) is 0 Å². The summed E-state index contributed by atoms with van der Waals surface area (Å²) >= 11 is 0. The minimum absolute atomic E-state index is 0.218. The number of H-pyrrole nitrogens is 1. The summed E-state index contributed by atoms with van der Waals surface area (Å²) in [6.07, 6.45) is 3.61. The lowest BCUT2D eigenvalue weighted by atomic mass is 9.95. The minimum atomic E-state index is 0.218. The first kappa shape index (κ1) is 17.3. The van der Waals surface area contributed by atoms with E-state index < -0.39 is 0 Å². The minimum Gasteiger partial charge on any atom is -0.490 e. The fourth-order valence-corrected chi connectivity index (χ4v) is 2.60. The van der Waals surface area contributed by atoms with Gasteiger partial charge in [-0.3, -0.25) is 0 Å². The quantitative estimate of drug-likeness (QED) is 0.740. The summed E-state index contributed by atoms with van der Waals surface area (Å²) in [5, 5.41) is 3.57. The third kappa shape index (κ3) is 4.73. The Kier molecular flexibility index (Phi) is 6.47. The molecule has 0 aliphatic rings. The van der Waals surface area contributed by atoms with Gasteiger partial charge in [-0.1, -0.05) is 19.9 Å². The highest BCUT2D eigenvalue weighted by atomic mass is 16.5. The molecular formula is C18H27N3O2. The molecule has 0 fully saturated rings. The van der Waals surface area contributed by atoms with Crippen LogP contribution in [0.1, 0.15) is 45.1 Å². The van der Waals surface area contributed by atoms with Gasteiger partial charge in [-0.25, -0.2) is 4.98 Å². The third-order valence-corrected chi connectivity index (χ3v) is 3.64. The Morgan fingerprint density at radius 2 is 1.87 bits per heavy atom. The summed E-state index contributed by atoms with van der Waals surface area (Å²) in [7, 11) is 0. The lowest BCUT2D eigenvalue weighted by Gasteiger charge is -2.24. The maximum absolute atomic E-state index is 5.74. The zero-order chi connectivity index (χ0) is 16.7. The van der Waals surface area contributed by atoms with Crippen molar-refractivity contribution in [2.45, 2.75) is 40.3 Å². The second-order valence-corrected chi connectivity index (χ2v) is 5.71. The number of rotatable bonds is 9. The molecule has 0 saturated carbocycles. The predicted octanol–water partition coefficient (Wildman–Crippen LogP) is 3.69. The number of hydrogen-bond acceptors (Lipinski definition) is 4. The first-order valence-corrected chi connectivity index (χ1v) is 8.26. The van der Waals surface area contributed by atoms with E-state index in [9.17, 15) is 0 Å². The average Bonchev–Trinajstić information content (AvgIpc) is 3.03. The van der Waals surface area contributed by atoms with Crippen molar-refractivity contribution in [2.75, 3.05) is 13.2 Å². The number of ether oxygens (including phenoxy) is 2. The molecule has 5 heteroatoms. The van der Waals surface area contributed by atoms with Gasteiger partial charge in [0.25, 0.3) is 0 Å². The Hall–Kier alpha value is -2.01. The molecule has 1 aromatic heterocycles. The fourth-order valence-electron chi connectivity index (χ4n) is 2.60. The van der Waals surface area contributed by atoms with Crippen LogP contribution in [0.5, 0.6) is 11.5 Å². The van der Waals surface area contributed by atoms with Gasteiger partial charge >= 0.3 is 0 Å². The van der Waals surface area contributed by atoms with Gasteiger partial charge in [0.15, 0.2) is 11.5 Å². The highest BCUT2D eigenvalue weighted by Gasteiger charge is 2.18. The molecule has 1 atom stereocenters. The Labute approximate surface area is 138 Å². The standard InChI is InChI=1S/C18H27N3O2/c1-5-22-15-8-7-14(11-16(15)23-6-2)18(13(3)4)21-12-17-19-9-10-20-17/h7-11,13,18,21H,5-6,12H2,1-4H3,(H,19,20). The molecule has 0 aliphatic heterocycles. The van der Waals surface area contributed by atoms with Crippen molar-refractivity contribution in [3.05, 3.63) is 42.0 Å². The first-order valence-electron chi connectivity index (χ1n) is 8.26. The number of aromatic nitrogens is 2. The molecule has 23 heavy (non-hydrogen) atoms. The summed E-state index contributed by atoms with van der Waals surface area (Å²) in [6, 6.07) is 6.39. The molecule has 0 radical (unpaired) electrons. The Bertz CT molecular complexity index is 582. The van der Waals surface area contributed by atoms with Crippen molar-refractivity contribution >= 4 is 0 Å². The SMILES string of the molecule is CCOc1ccc(C(NCc2ncc[nH]2)C(C)C)cc1OCC. The van der Waals surface area contributed by atoms with Gasteiger partial charge in [0.05, 0.1) is 19.8 Å². The summed E-state index contributed by atoms with van der Waals surface area (Å²) < 4.78 is 11.4. The van der Waals surface area contributed by atoms with Gasteiger partial charge in [-0.05, 0) is 37.5 Å². The van der Waals surface area contributed by atoms with Crippen LogP contribution in [0.25, 0.3) is 0 Å². The number of aromatic amines is 1. The highest BCUT2D eigenvalue weighted by Crippen LogP contribution is 2.33. The van der Waals surface area contributed by atoms with Gasteiger partial charge < -0.3 is 19.8 Å². The van der Waals surface area contributed by atoms with Gasteiger partial charge in [-0.15, -0.1) is 0 Å². The Balaban J connectivity index is 2.18. The summed E-state index contributed by atoms with van der Waals surface area (Å²) in [5.74, 6) is 2.98. The molecule has 2 rings (SSSR count). The van der Waals surface area contributed by atoms with Crippen molar-refractivity contribution in [3.63, 3.8) is 0 Å². The van der Waals surface area contributed by atoms with Crippen LogP contribution in [-0.4, -0.2) is 23.2 Å². The fraction of sp³-hybridized carbons (Fsp3) is 0.500. The van der Waals surface area contributed by atoms with Crippen LogP contribution in [0.15, 0.2) is 30.6 Å². The van der Waals surface area contributed by atoms with E-state index in [1.807, 2.05) is 26.1 Å². The number of nitrogens with one attached hydrogen (secondary N) is 2. The predicted molar refractivity (Wildman–Crippen MR) is 91.8 cm³/mol. The smallest absolute Gasteiger partial charge is 0.161 e. The van der Waals surface area contributed by atoms with Crippen LogP contribution >= 0.6 is 0 Å². The van der Waals surface area contributed by atoms with Crippen molar-refractivity contribution in [1.82, 2.24) is 15.3 Å². The third-order valence-electron chi connectivity index (χ3n) is 3.64. The molecular weight excluding hydrogens is 290 g/mol. The molecule has 0 bridgehead atoms. The van der Waals surface area contributed by atoms with Crippen LogP contribution in [0, 0.1) is 5.92 Å². The van der Waals surface area contributed by atoms with Gasteiger partial charge in [0.1, 0.15) is 5.82 Å². The molecule has 2 N–H and O–H groups in total. The summed E-state index contributed by atoms with van der Waals surface area (Å²) in [4.78, 5) is 7.39. The van der Waals surface area contributed by atoms with Crippen LogP contribution in [0.3, 0.4) is 0 Å². The first-order chi connectivity index (χ1) is 11.2. The number of imidazole rings is 1. The second-order valence-electron chi connectivity index (χ2n) is 5.71. The molecule has 1 unspecified atom stereocenters. The van der Waals surface area contributed by atoms with E-state index in [1.54, 1.807) is 6.20 Å². The monoisotopic (exact) mass is 317 g/mol. The second kappa shape index (κ2) is 8.58. The summed E-state index contributed by atoms with van der Waals surface area (Å²) in [6.45, 7) is 10.3. The van der Waals surface area contributed by atoms with Crippen LogP contribution in [0.4, 0.5) is 0 Å². The van der Waals surface area contributed by atoms with E-state index in [1.165, 1.54) is 5.56 Å². The molecule has 1 aromatic carbocycles. The molecule has 5 nitrogen and oxygen atoms in total. The maximum atomic E-state index is 5.74. The molecule has 1 heterocycles. The zero-order valence-electron chi connectivity index (χ0n) is 14.4. The maximum Gasteiger partial charge on any atom is 0.161 e. The van der Waals surface area contributed by atoms with E-state index >= 15 is 0 Å². The molecule has 0 amide bonds. The van der Waals surface area contributed by atoms with Gasteiger partial charge in [-0.2, -0.15) is 0 Å². The van der Waals surface area contributed by atoms with E-state index in [-0.39, 0.29) is 6.04 Å². The average molecular weight is 317 g/mol. The molecule has 0 saturated heterocycles. The van der Waals surface area contributed by atoms with Crippen LogP contribution < -0.4 is 14.8 Å². The van der Waals surface area contributed by atoms with E-state index in [4.69, 9.17) is 9.47 Å². The Morgan fingerprint density at radius 3 is 2.48 bits per heavy atom. The topological polar surface area (TPSA) is 59.2 Å². The van der Waals surface area contributed by atoms with Crippen LogP contribution in [-0.2, 0) is 6.54 Å². The molecule has 0 spiro atoms. The van der Waals surface area contributed by atoms with E-state index in [2.05, 4.69) is 41.3 Å². The van der Waals surface area contributed by atoms with Crippen LogP contribution in [0.2, 0.25) is 0 Å². The highest BCUT2D eigenvalue weighted by molar-refractivity contribution is 5.44. The van der Waals surface area contributed by atoms with Gasteiger partial charge in [0, 0.05) is 18.4 Å². The molecule has 0 aliphatic carbocycles. The van der Waals surface area contributed by atoms with E-state index in [0.717, 1.165) is 17.3 Å². The van der Waals surface area contributed by atoms with Crippen molar-refractivity contribution in [1.29, 1.82) is 0 Å². The van der Waals surface area contributed by atoms with E-state index in [0.29, 0.717) is 25.7 Å². The normalized spacial score (nSPS) is 12.4. The number of hydrogen-bond donors (Lipinski definition) is 2. The Morgan fingerprint density at radius 1 is 1.13 bits per heavy atom. The van der Waals surface area contributed by atoms with Crippen molar-refractivity contribution in [3.8, 4) is 11.5 Å². The molecule has 2 aromatic rings. The lowest BCUT2D eigenvalue weighted by molar-refractivity contribution is 0.286. The van der Waals surface area contributed by atoms with Crippen molar-refractivity contribution in [2.24, 2.45) is 5.92 Å². The number of benzene rings is 1. The molecule has 126 valence electrons. The van der Waals surface area contributed by atoms with Crippen molar-refractivity contribution < 1.29 is 9.47 Å². The number of nitrogens with zero attached hydrogens (tertiary/aromatic N) is 1.